The molecule has 1 fully saturated rings. The summed E-state index contributed by atoms with van der Waals surface area (Å²) in [4.78, 5) is 29.3. The molecule has 3 aromatic carbocycles. The van der Waals surface area contributed by atoms with Gasteiger partial charge in [0.15, 0.2) is 11.8 Å². The molecule has 0 aromatic heterocycles. The monoisotopic (exact) mass is 497 g/mol. The Morgan fingerprint density at radius 1 is 1.06 bits per heavy atom. The molecule has 2 N–H and O–H groups in total. The third-order valence-electron chi connectivity index (χ3n) is 4.38. The summed E-state index contributed by atoms with van der Waals surface area (Å²) in [6.07, 6.45) is 1.72. The van der Waals surface area contributed by atoms with E-state index in [0.29, 0.717) is 31.6 Å². The third kappa shape index (κ3) is 6.38. The molecule has 0 bridgehead atoms. The molecular weight excluding hydrogens is 481 g/mol. The SMILES string of the molecule is O=C(COc1ccc(/C=C2\SC(=Nc3ccccc3)NC2=O)cc1Cl)Nc1ccc(Cl)cc1. The van der Waals surface area contributed by atoms with E-state index in [1.54, 1.807) is 48.5 Å². The van der Waals surface area contributed by atoms with Gasteiger partial charge >= 0.3 is 0 Å². The first-order valence-corrected chi connectivity index (χ1v) is 11.4. The quantitative estimate of drug-likeness (QED) is 0.415. The minimum Gasteiger partial charge on any atom is -0.482 e. The molecule has 4 rings (SSSR count). The maximum Gasteiger partial charge on any atom is 0.264 e. The van der Waals surface area contributed by atoms with Gasteiger partial charge in [-0.2, -0.15) is 0 Å². The highest BCUT2D eigenvalue weighted by atomic mass is 35.5. The second-order valence-corrected chi connectivity index (χ2v) is 8.73. The van der Waals surface area contributed by atoms with Crippen molar-refractivity contribution in [2.75, 3.05) is 11.9 Å². The van der Waals surface area contributed by atoms with Crippen molar-refractivity contribution in [2.45, 2.75) is 0 Å². The Balaban J connectivity index is 1.37. The number of halogens is 2. The Morgan fingerprint density at radius 3 is 2.55 bits per heavy atom. The number of rotatable bonds is 6. The molecule has 2 amide bonds. The number of hydrogen-bond donors (Lipinski definition) is 2. The summed E-state index contributed by atoms with van der Waals surface area (Å²) in [7, 11) is 0. The number of carbonyl (C=O) groups excluding carboxylic acids is 2. The summed E-state index contributed by atoms with van der Waals surface area (Å²) in [5.74, 6) is -0.200. The number of amides is 2. The van der Waals surface area contributed by atoms with Gasteiger partial charge in [0, 0.05) is 10.7 Å². The summed E-state index contributed by atoms with van der Waals surface area (Å²) in [5.41, 5.74) is 2.09. The lowest BCUT2D eigenvalue weighted by molar-refractivity contribution is -0.118. The van der Waals surface area contributed by atoms with Crippen LogP contribution in [-0.2, 0) is 9.59 Å². The number of amidine groups is 1. The highest BCUT2D eigenvalue weighted by Crippen LogP contribution is 2.31. The van der Waals surface area contributed by atoms with Crippen LogP contribution < -0.4 is 15.4 Å². The molecule has 0 saturated carbocycles. The van der Waals surface area contributed by atoms with Gasteiger partial charge in [0.1, 0.15) is 5.75 Å². The average Bonchev–Trinajstić information content (AvgIpc) is 3.14. The number of nitrogens with one attached hydrogen (secondary N) is 2. The van der Waals surface area contributed by atoms with Crippen molar-refractivity contribution < 1.29 is 14.3 Å². The van der Waals surface area contributed by atoms with Gasteiger partial charge in [-0.25, -0.2) is 4.99 Å². The maximum atomic E-state index is 12.3. The van der Waals surface area contributed by atoms with Crippen LogP contribution in [0.1, 0.15) is 5.56 Å². The number of hydrogen-bond acceptors (Lipinski definition) is 5. The second kappa shape index (κ2) is 10.6. The zero-order valence-electron chi connectivity index (χ0n) is 17.0. The van der Waals surface area contributed by atoms with Crippen LogP contribution in [0.15, 0.2) is 82.7 Å². The first-order chi connectivity index (χ1) is 16.0. The van der Waals surface area contributed by atoms with Crippen molar-refractivity contribution in [3.8, 4) is 5.75 Å². The van der Waals surface area contributed by atoms with Crippen LogP contribution in [0.4, 0.5) is 11.4 Å². The number of benzene rings is 3. The summed E-state index contributed by atoms with van der Waals surface area (Å²) in [6, 6.07) is 21.2. The number of thioether (sulfide) groups is 1. The van der Waals surface area contributed by atoms with Crippen molar-refractivity contribution in [3.05, 3.63) is 93.3 Å². The summed E-state index contributed by atoms with van der Waals surface area (Å²) in [6.45, 7) is -0.208. The zero-order valence-corrected chi connectivity index (χ0v) is 19.4. The highest BCUT2D eigenvalue weighted by Gasteiger charge is 2.23. The molecule has 1 aliphatic rings. The minimum absolute atomic E-state index is 0.208. The molecule has 6 nitrogen and oxygen atoms in total. The van der Waals surface area contributed by atoms with E-state index in [2.05, 4.69) is 15.6 Å². The molecule has 1 saturated heterocycles. The van der Waals surface area contributed by atoms with Crippen LogP contribution in [0.2, 0.25) is 10.0 Å². The van der Waals surface area contributed by atoms with E-state index in [1.807, 2.05) is 30.3 Å². The fraction of sp³-hybridized carbons (Fsp3) is 0.0417. The Kier molecular flexibility index (Phi) is 7.34. The van der Waals surface area contributed by atoms with E-state index < -0.39 is 0 Å². The van der Waals surface area contributed by atoms with E-state index in [4.69, 9.17) is 27.9 Å². The van der Waals surface area contributed by atoms with Gasteiger partial charge in [-0.15, -0.1) is 0 Å². The molecule has 0 atom stereocenters. The number of nitrogens with zero attached hydrogens (tertiary/aromatic N) is 1. The Bertz CT molecular complexity index is 1250. The van der Waals surface area contributed by atoms with Gasteiger partial charge in [0.25, 0.3) is 11.8 Å². The highest BCUT2D eigenvalue weighted by molar-refractivity contribution is 8.18. The second-order valence-electron chi connectivity index (χ2n) is 6.85. The van der Waals surface area contributed by atoms with E-state index in [9.17, 15) is 9.59 Å². The predicted octanol–water partition coefficient (Wildman–Crippen LogP) is 5.90. The number of anilines is 1. The largest absolute Gasteiger partial charge is 0.482 e. The van der Waals surface area contributed by atoms with Crippen LogP contribution in [0.3, 0.4) is 0 Å². The van der Waals surface area contributed by atoms with Gasteiger partial charge in [0.2, 0.25) is 0 Å². The van der Waals surface area contributed by atoms with Gasteiger partial charge in [0.05, 0.1) is 15.6 Å². The smallest absolute Gasteiger partial charge is 0.264 e. The fourth-order valence-corrected chi connectivity index (χ4v) is 4.06. The Hall–Kier alpha value is -3.26. The maximum absolute atomic E-state index is 12.3. The molecule has 0 radical (unpaired) electrons. The van der Waals surface area contributed by atoms with Gasteiger partial charge in [-0.05, 0) is 71.9 Å². The molecule has 0 aliphatic carbocycles. The topological polar surface area (TPSA) is 79.8 Å². The molecule has 1 heterocycles. The van der Waals surface area contributed by atoms with E-state index in [-0.39, 0.29) is 18.4 Å². The summed E-state index contributed by atoms with van der Waals surface area (Å²) >= 11 is 13.4. The van der Waals surface area contributed by atoms with Crippen LogP contribution >= 0.6 is 35.0 Å². The molecule has 1 aliphatic heterocycles. The molecule has 9 heteroatoms. The van der Waals surface area contributed by atoms with E-state index in [1.165, 1.54) is 11.8 Å². The fourth-order valence-electron chi connectivity index (χ4n) is 2.85. The molecule has 166 valence electrons. The van der Waals surface area contributed by atoms with E-state index >= 15 is 0 Å². The number of ether oxygens (including phenoxy) is 1. The van der Waals surface area contributed by atoms with Crippen molar-refractivity contribution in [1.82, 2.24) is 5.32 Å². The van der Waals surface area contributed by atoms with Crippen LogP contribution in [-0.4, -0.2) is 23.6 Å². The Morgan fingerprint density at radius 2 is 1.82 bits per heavy atom. The van der Waals surface area contributed by atoms with Gasteiger partial charge in [-0.3, -0.25) is 9.59 Å². The lowest BCUT2D eigenvalue weighted by Crippen LogP contribution is -2.20. The molecule has 3 aromatic rings. The number of carbonyl (C=O) groups is 2. The Labute approximate surface area is 204 Å². The van der Waals surface area contributed by atoms with E-state index in [0.717, 1.165) is 11.3 Å². The first-order valence-electron chi connectivity index (χ1n) is 9.79. The first kappa shape index (κ1) is 22.9. The van der Waals surface area contributed by atoms with Crippen molar-refractivity contribution in [2.24, 2.45) is 4.99 Å². The van der Waals surface area contributed by atoms with Crippen LogP contribution in [0.5, 0.6) is 5.75 Å². The predicted molar refractivity (Wildman–Crippen MR) is 134 cm³/mol. The standard InChI is InChI=1S/C24H17Cl2N3O3S/c25-16-7-9-18(10-8-16)27-22(30)14-32-20-11-6-15(12-19(20)26)13-21-23(31)29-24(33-21)28-17-4-2-1-3-5-17/h1-13H,14H2,(H,27,30)(H,28,29,31)/b21-13-. The molecular formula is C24H17Cl2N3O3S. The van der Waals surface area contributed by atoms with Crippen molar-refractivity contribution in [1.29, 1.82) is 0 Å². The van der Waals surface area contributed by atoms with Crippen LogP contribution in [0, 0.1) is 0 Å². The third-order valence-corrected chi connectivity index (χ3v) is 5.84. The van der Waals surface area contributed by atoms with Crippen molar-refractivity contribution >= 4 is 69.4 Å². The average molecular weight is 498 g/mol. The van der Waals surface area contributed by atoms with Crippen molar-refractivity contribution in [3.63, 3.8) is 0 Å². The molecule has 33 heavy (non-hydrogen) atoms. The summed E-state index contributed by atoms with van der Waals surface area (Å²) in [5, 5.41) is 6.88. The normalized spacial score (nSPS) is 15.5. The lowest BCUT2D eigenvalue weighted by atomic mass is 10.2. The number of aliphatic imine (C=N–C) groups is 1. The van der Waals surface area contributed by atoms with Crippen LogP contribution in [0.25, 0.3) is 6.08 Å². The number of para-hydroxylation sites is 1. The van der Waals surface area contributed by atoms with Gasteiger partial charge in [-0.1, -0.05) is 47.5 Å². The molecule has 0 spiro atoms. The lowest BCUT2D eigenvalue weighted by Gasteiger charge is -2.09. The summed E-state index contributed by atoms with van der Waals surface area (Å²) < 4.78 is 5.53. The minimum atomic E-state index is -0.330. The molecule has 0 unspecified atom stereocenters. The zero-order chi connectivity index (χ0) is 23.2. The van der Waals surface area contributed by atoms with Gasteiger partial charge < -0.3 is 15.4 Å².